The minimum Gasteiger partial charge on any atom is -0.490 e. The number of ether oxygens (including phenoxy) is 4. The quantitative estimate of drug-likeness (QED) is 0.521. The van der Waals surface area contributed by atoms with Crippen molar-refractivity contribution in [3.8, 4) is 17.6 Å². The lowest BCUT2D eigenvalue weighted by Gasteiger charge is -2.29. The van der Waals surface area contributed by atoms with E-state index in [-0.39, 0.29) is 35.3 Å². The summed E-state index contributed by atoms with van der Waals surface area (Å²) < 4.78 is 22.1. The molecule has 1 aliphatic heterocycles. The Morgan fingerprint density at radius 1 is 1.25 bits per heavy atom. The maximum atomic E-state index is 12.7. The molecule has 1 aliphatic rings. The van der Waals surface area contributed by atoms with Crippen LogP contribution in [0.25, 0.3) is 0 Å². The molecule has 0 spiro atoms. The molecular formula is C20H23ClN2O5. The van der Waals surface area contributed by atoms with Gasteiger partial charge in [-0.05, 0) is 26.8 Å². The van der Waals surface area contributed by atoms with Crippen molar-refractivity contribution in [1.82, 2.24) is 0 Å². The number of nitrogens with two attached hydrogens (primary N) is 1. The number of allylic oxidation sites excluding steroid dienone is 2. The number of rotatable bonds is 8. The van der Waals surface area contributed by atoms with Crippen LogP contribution in [-0.4, -0.2) is 31.7 Å². The second-order valence-electron chi connectivity index (χ2n) is 5.66. The zero-order valence-corrected chi connectivity index (χ0v) is 16.8. The molecule has 8 heteroatoms. The van der Waals surface area contributed by atoms with Crippen LogP contribution in [0.3, 0.4) is 0 Å². The number of para-hydroxylation sites is 1. The van der Waals surface area contributed by atoms with Gasteiger partial charge in [0.1, 0.15) is 17.4 Å². The highest BCUT2D eigenvalue weighted by Crippen LogP contribution is 2.46. The summed E-state index contributed by atoms with van der Waals surface area (Å²) >= 11 is 6.00. The molecule has 150 valence electrons. The van der Waals surface area contributed by atoms with E-state index >= 15 is 0 Å². The van der Waals surface area contributed by atoms with E-state index in [0.29, 0.717) is 30.3 Å². The molecule has 0 saturated carbocycles. The van der Waals surface area contributed by atoms with Crippen LogP contribution in [0.15, 0.2) is 41.0 Å². The predicted octanol–water partition coefficient (Wildman–Crippen LogP) is 3.35. The number of halogens is 1. The van der Waals surface area contributed by atoms with Crippen molar-refractivity contribution in [2.75, 3.05) is 25.7 Å². The van der Waals surface area contributed by atoms with Gasteiger partial charge in [0.2, 0.25) is 5.88 Å². The molecule has 1 aromatic carbocycles. The van der Waals surface area contributed by atoms with Gasteiger partial charge in [-0.3, -0.25) is 0 Å². The van der Waals surface area contributed by atoms with Crippen molar-refractivity contribution < 1.29 is 23.7 Å². The molecule has 1 atom stereocenters. The van der Waals surface area contributed by atoms with E-state index in [1.165, 1.54) is 0 Å². The van der Waals surface area contributed by atoms with Gasteiger partial charge in [-0.15, -0.1) is 11.6 Å². The summed E-state index contributed by atoms with van der Waals surface area (Å²) in [6.07, 6.45) is 0. The molecule has 0 fully saturated rings. The van der Waals surface area contributed by atoms with E-state index < -0.39 is 11.9 Å². The van der Waals surface area contributed by atoms with Gasteiger partial charge in [0.15, 0.2) is 11.5 Å². The second-order valence-corrected chi connectivity index (χ2v) is 5.92. The molecule has 0 unspecified atom stereocenters. The van der Waals surface area contributed by atoms with E-state index in [1.54, 1.807) is 25.1 Å². The molecule has 2 rings (SSSR count). The van der Waals surface area contributed by atoms with Gasteiger partial charge >= 0.3 is 5.97 Å². The van der Waals surface area contributed by atoms with Gasteiger partial charge in [0.25, 0.3) is 0 Å². The third-order valence-electron chi connectivity index (χ3n) is 4.02. The zero-order valence-electron chi connectivity index (χ0n) is 16.1. The first-order valence-corrected chi connectivity index (χ1v) is 9.49. The molecule has 0 radical (unpaired) electrons. The van der Waals surface area contributed by atoms with Crippen molar-refractivity contribution in [2.24, 2.45) is 5.73 Å². The molecule has 0 aliphatic carbocycles. The number of benzene rings is 1. The SMILES string of the molecule is CCOC(=O)C1=C(CCl)OC(N)=C(C#N)[C@@H]1c1cccc(OCC)c1OCC. The van der Waals surface area contributed by atoms with Gasteiger partial charge < -0.3 is 24.7 Å². The summed E-state index contributed by atoms with van der Waals surface area (Å²) in [6, 6.07) is 7.31. The van der Waals surface area contributed by atoms with E-state index in [9.17, 15) is 10.1 Å². The molecule has 0 saturated heterocycles. The van der Waals surface area contributed by atoms with Crippen LogP contribution in [0.4, 0.5) is 0 Å². The molecule has 28 heavy (non-hydrogen) atoms. The van der Waals surface area contributed by atoms with Crippen molar-refractivity contribution in [3.05, 3.63) is 46.6 Å². The number of esters is 1. The highest BCUT2D eigenvalue weighted by atomic mass is 35.5. The fraction of sp³-hybridized carbons (Fsp3) is 0.400. The van der Waals surface area contributed by atoms with Crippen molar-refractivity contribution in [2.45, 2.75) is 26.7 Å². The Labute approximate surface area is 169 Å². The summed E-state index contributed by atoms with van der Waals surface area (Å²) in [7, 11) is 0. The Balaban J connectivity index is 2.77. The first-order chi connectivity index (χ1) is 13.5. The summed E-state index contributed by atoms with van der Waals surface area (Å²) in [4.78, 5) is 12.7. The van der Waals surface area contributed by atoms with Crippen molar-refractivity contribution >= 4 is 17.6 Å². The number of nitriles is 1. The topological polar surface area (TPSA) is 104 Å². The second kappa shape index (κ2) is 9.90. The lowest BCUT2D eigenvalue weighted by Crippen LogP contribution is -2.27. The lowest BCUT2D eigenvalue weighted by molar-refractivity contribution is -0.139. The Hall–Kier alpha value is -2.85. The third kappa shape index (κ3) is 4.18. The van der Waals surface area contributed by atoms with Crippen LogP contribution in [0, 0.1) is 11.3 Å². The highest BCUT2D eigenvalue weighted by Gasteiger charge is 2.39. The normalized spacial score (nSPS) is 16.3. The Morgan fingerprint density at radius 3 is 2.54 bits per heavy atom. The summed E-state index contributed by atoms with van der Waals surface area (Å²) in [5.74, 6) is -0.638. The molecule has 0 amide bonds. The first kappa shape index (κ1) is 21.5. The Kier molecular flexibility index (Phi) is 7.59. The number of hydrogen-bond acceptors (Lipinski definition) is 7. The largest absolute Gasteiger partial charge is 0.490 e. The smallest absolute Gasteiger partial charge is 0.338 e. The molecule has 2 N–H and O–H groups in total. The van der Waals surface area contributed by atoms with Gasteiger partial charge in [-0.2, -0.15) is 5.26 Å². The first-order valence-electron chi connectivity index (χ1n) is 8.96. The van der Waals surface area contributed by atoms with Gasteiger partial charge in [0, 0.05) is 5.56 Å². The number of carbonyl (C=O) groups is 1. The monoisotopic (exact) mass is 406 g/mol. The summed E-state index contributed by atoms with van der Waals surface area (Å²) in [5.41, 5.74) is 6.70. The average molecular weight is 407 g/mol. The molecule has 7 nitrogen and oxygen atoms in total. The predicted molar refractivity (Wildman–Crippen MR) is 104 cm³/mol. The Bertz CT molecular complexity index is 841. The zero-order chi connectivity index (χ0) is 20.7. The maximum Gasteiger partial charge on any atom is 0.338 e. The fourth-order valence-corrected chi connectivity index (χ4v) is 3.19. The van der Waals surface area contributed by atoms with E-state index in [1.807, 2.05) is 19.9 Å². The van der Waals surface area contributed by atoms with Gasteiger partial charge in [0.05, 0.1) is 37.2 Å². The summed E-state index contributed by atoms with van der Waals surface area (Å²) in [5, 5.41) is 9.73. The fourth-order valence-electron chi connectivity index (χ4n) is 2.99. The van der Waals surface area contributed by atoms with E-state index in [0.717, 1.165) is 0 Å². The van der Waals surface area contributed by atoms with Crippen molar-refractivity contribution in [3.63, 3.8) is 0 Å². The molecular weight excluding hydrogens is 384 g/mol. The molecule has 0 bridgehead atoms. The number of alkyl halides is 1. The number of carbonyl (C=O) groups excluding carboxylic acids is 1. The number of hydrogen-bond donors (Lipinski definition) is 1. The molecule has 1 heterocycles. The lowest BCUT2D eigenvalue weighted by atomic mass is 9.82. The molecule has 0 aromatic heterocycles. The molecule has 1 aromatic rings. The van der Waals surface area contributed by atoms with Crippen LogP contribution in [0.2, 0.25) is 0 Å². The number of nitrogens with zero attached hydrogens (tertiary/aromatic N) is 1. The van der Waals surface area contributed by atoms with Crippen LogP contribution in [-0.2, 0) is 14.3 Å². The van der Waals surface area contributed by atoms with Gasteiger partial charge in [-0.25, -0.2) is 4.79 Å². The minimum absolute atomic E-state index is 0.0755. The van der Waals surface area contributed by atoms with Crippen molar-refractivity contribution in [1.29, 1.82) is 5.26 Å². The van der Waals surface area contributed by atoms with E-state index in [2.05, 4.69) is 0 Å². The summed E-state index contributed by atoms with van der Waals surface area (Å²) in [6.45, 7) is 6.32. The van der Waals surface area contributed by atoms with Crippen LogP contribution < -0.4 is 15.2 Å². The van der Waals surface area contributed by atoms with Crippen LogP contribution in [0.5, 0.6) is 11.5 Å². The Morgan fingerprint density at radius 2 is 1.96 bits per heavy atom. The van der Waals surface area contributed by atoms with Gasteiger partial charge in [-0.1, -0.05) is 12.1 Å². The average Bonchev–Trinajstić information content (AvgIpc) is 2.68. The minimum atomic E-state index is -0.853. The van der Waals surface area contributed by atoms with Crippen LogP contribution in [0.1, 0.15) is 32.3 Å². The van der Waals surface area contributed by atoms with E-state index in [4.69, 9.17) is 36.3 Å². The standard InChI is InChI=1S/C20H23ClN2O5/c1-4-25-14-9-7-8-12(18(14)26-5-2)16-13(11-22)19(23)28-15(10-21)17(16)20(24)27-6-3/h7-9,16H,4-6,10,23H2,1-3H3/t16-/m0/s1. The highest BCUT2D eigenvalue weighted by molar-refractivity contribution is 6.19. The third-order valence-corrected chi connectivity index (χ3v) is 4.27. The van der Waals surface area contributed by atoms with Crippen LogP contribution >= 0.6 is 11.6 Å². The maximum absolute atomic E-state index is 12.7.